The molecule has 0 spiro atoms. The molecule has 0 heterocycles. The lowest BCUT2D eigenvalue weighted by Gasteiger charge is -2.07. The van der Waals surface area contributed by atoms with Crippen LogP contribution in [-0.2, 0) is 21.2 Å². The summed E-state index contributed by atoms with van der Waals surface area (Å²) in [6, 6.07) is 6.52. The summed E-state index contributed by atoms with van der Waals surface area (Å²) >= 11 is 0. The number of hydrogen-bond acceptors (Lipinski definition) is 3. The summed E-state index contributed by atoms with van der Waals surface area (Å²) in [5, 5.41) is 0. The number of hydrogen-bond donors (Lipinski definition) is 1. The van der Waals surface area contributed by atoms with E-state index >= 15 is 0 Å². The molecule has 0 fully saturated rings. The van der Waals surface area contributed by atoms with E-state index < -0.39 is 10.0 Å². The molecule has 0 aliphatic carbocycles. The molecule has 5 heteroatoms. The van der Waals surface area contributed by atoms with Crippen LogP contribution in [0, 0.1) is 5.92 Å². The molecule has 1 rings (SSSR count). The van der Waals surface area contributed by atoms with E-state index in [1.165, 1.54) is 0 Å². The van der Waals surface area contributed by atoms with Gasteiger partial charge in [-0.25, -0.2) is 13.1 Å². The fourth-order valence-electron chi connectivity index (χ4n) is 1.86. The molecule has 0 saturated heterocycles. The number of benzene rings is 1. The van der Waals surface area contributed by atoms with Crippen LogP contribution in [0.5, 0.6) is 0 Å². The third-order valence-corrected chi connectivity index (χ3v) is 4.29. The Hall–Kier alpha value is -1.20. The normalized spacial score (nSPS) is 11.8. The predicted octanol–water partition coefficient (Wildman–Crippen LogP) is 2.53. The summed E-state index contributed by atoms with van der Waals surface area (Å²) in [5.41, 5.74) is 0.852. The zero-order valence-electron chi connectivity index (χ0n) is 12.3. The van der Waals surface area contributed by atoms with Crippen LogP contribution >= 0.6 is 0 Å². The largest absolute Gasteiger partial charge is 0.299 e. The molecular weight excluding hydrogens is 274 g/mol. The second-order valence-electron chi connectivity index (χ2n) is 5.36. The molecule has 1 aromatic rings. The fraction of sp³-hybridized carbons (Fsp3) is 0.533. The summed E-state index contributed by atoms with van der Waals surface area (Å²) in [7, 11) is -3.42. The molecule has 0 bridgehead atoms. The number of sulfonamides is 1. The Morgan fingerprint density at radius 2 is 1.80 bits per heavy atom. The van der Waals surface area contributed by atoms with Gasteiger partial charge in [0, 0.05) is 19.4 Å². The van der Waals surface area contributed by atoms with Crippen molar-refractivity contribution < 1.29 is 13.2 Å². The van der Waals surface area contributed by atoms with Crippen molar-refractivity contribution in [2.75, 3.05) is 6.54 Å². The number of carbonyl (C=O) groups is 1. The van der Waals surface area contributed by atoms with Crippen LogP contribution in [0.4, 0.5) is 0 Å². The third-order valence-electron chi connectivity index (χ3n) is 2.81. The average Bonchev–Trinajstić information content (AvgIpc) is 2.36. The highest BCUT2D eigenvalue weighted by Crippen LogP contribution is 2.12. The number of rotatable bonds is 8. The molecule has 20 heavy (non-hydrogen) atoms. The second-order valence-corrected chi connectivity index (χ2v) is 7.12. The lowest BCUT2D eigenvalue weighted by molar-refractivity contribution is -0.119. The standard InChI is InChI=1S/C15H23NO3S/c1-4-9-16-20(18,19)15-7-5-13(6-8-15)11-14(17)10-12(2)3/h5-8,12,16H,4,9-11H2,1-3H3. The van der Waals surface area contributed by atoms with Gasteiger partial charge in [0.15, 0.2) is 0 Å². The minimum absolute atomic E-state index is 0.180. The fourth-order valence-corrected chi connectivity index (χ4v) is 3.00. The molecule has 0 radical (unpaired) electrons. The Bertz CT molecular complexity index is 533. The first-order valence-electron chi connectivity index (χ1n) is 6.95. The Labute approximate surface area is 121 Å². The molecule has 1 N–H and O–H groups in total. The van der Waals surface area contributed by atoms with E-state index in [0.717, 1.165) is 12.0 Å². The molecule has 0 amide bonds. The van der Waals surface area contributed by atoms with Crippen LogP contribution in [0.15, 0.2) is 29.2 Å². The number of ketones is 1. The van der Waals surface area contributed by atoms with Crippen LogP contribution in [0.2, 0.25) is 0 Å². The van der Waals surface area contributed by atoms with Gasteiger partial charge in [-0.2, -0.15) is 0 Å². The summed E-state index contributed by atoms with van der Waals surface area (Å²) in [5.74, 6) is 0.528. The van der Waals surface area contributed by atoms with Crippen molar-refractivity contribution in [2.45, 2.75) is 44.9 Å². The van der Waals surface area contributed by atoms with Gasteiger partial charge in [-0.05, 0) is 30.0 Å². The van der Waals surface area contributed by atoms with Crippen LogP contribution in [0.1, 0.15) is 39.2 Å². The Morgan fingerprint density at radius 3 is 2.30 bits per heavy atom. The lowest BCUT2D eigenvalue weighted by atomic mass is 10.0. The Balaban J connectivity index is 2.71. The molecule has 4 nitrogen and oxygen atoms in total. The molecular formula is C15H23NO3S. The molecule has 0 saturated carbocycles. The van der Waals surface area contributed by atoms with E-state index in [1.54, 1.807) is 24.3 Å². The van der Waals surface area contributed by atoms with Crippen LogP contribution < -0.4 is 4.72 Å². The van der Waals surface area contributed by atoms with Crippen molar-refractivity contribution in [2.24, 2.45) is 5.92 Å². The van der Waals surface area contributed by atoms with Crippen LogP contribution in [0.25, 0.3) is 0 Å². The predicted molar refractivity (Wildman–Crippen MR) is 80.1 cm³/mol. The van der Waals surface area contributed by atoms with Crippen LogP contribution in [-0.4, -0.2) is 20.7 Å². The van der Waals surface area contributed by atoms with Gasteiger partial charge in [0.1, 0.15) is 5.78 Å². The SMILES string of the molecule is CCCNS(=O)(=O)c1ccc(CC(=O)CC(C)C)cc1. The van der Waals surface area contributed by atoms with Crippen molar-refractivity contribution in [3.63, 3.8) is 0 Å². The lowest BCUT2D eigenvalue weighted by Crippen LogP contribution is -2.24. The van der Waals surface area contributed by atoms with Crippen molar-refractivity contribution in [1.29, 1.82) is 0 Å². The van der Waals surface area contributed by atoms with E-state index in [1.807, 2.05) is 20.8 Å². The quantitative estimate of drug-likeness (QED) is 0.802. The third kappa shape index (κ3) is 5.43. The van der Waals surface area contributed by atoms with Crippen molar-refractivity contribution >= 4 is 15.8 Å². The first-order chi connectivity index (χ1) is 9.35. The smallest absolute Gasteiger partial charge is 0.240 e. The molecule has 0 aliphatic heterocycles. The summed E-state index contributed by atoms with van der Waals surface area (Å²) in [6.45, 7) is 6.35. The summed E-state index contributed by atoms with van der Waals surface area (Å²) < 4.78 is 26.3. The maximum absolute atomic E-state index is 11.9. The van der Waals surface area contributed by atoms with E-state index in [0.29, 0.717) is 25.3 Å². The zero-order valence-corrected chi connectivity index (χ0v) is 13.2. The first-order valence-corrected chi connectivity index (χ1v) is 8.43. The Kier molecular flexibility index (Phi) is 6.36. The van der Waals surface area contributed by atoms with E-state index in [4.69, 9.17) is 0 Å². The van der Waals surface area contributed by atoms with Gasteiger partial charge in [0.05, 0.1) is 4.90 Å². The monoisotopic (exact) mass is 297 g/mol. The second kappa shape index (κ2) is 7.55. The van der Waals surface area contributed by atoms with Gasteiger partial charge >= 0.3 is 0 Å². The van der Waals surface area contributed by atoms with Gasteiger partial charge in [0.2, 0.25) is 10.0 Å². The maximum atomic E-state index is 11.9. The number of carbonyl (C=O) groups excluding carboxylic acids is 1. The highest BCUT2D eigenvalue weighted by molar-refractivity contribution is 7.89. The van der Waals surface area contributed by atoms with Crippen LogP contribution in [0.3, 0.4) is 0 Å². The van der Waals surface area contributed by atoms with Gasteiger partial charge in [0.25, 0.3) is 0 Å². The highest BCUT2D eigenvalue weighted by Gasteiger charge is 2.13. The van der Waals surface area contributed by atoms with E-state index in [9.17, 15) is 13.2 Å². The van der Waals surface area contributed by atoms with Gasteiger partial charge in [-0.1, -0.05) is 32.9 Å². The van der Waals surface area contributed by atoms with Crippen molar-refractivity contribution in [3.8, 4) is 0 Å². The first kappa shape index (κ1) is 16.9. The molecule has 0 aliphatic rings. The molecule has 0 unspecified atom stereocenters. The van der Waals surface area contributed by atoms with E-state index in [2.05, 4.69) is 4.72 Å². The minimum Gasteiger partial charge on any atom is -0.299 e. The minimum atomic E-state index is -3.42. The molecule has 0 atom stereocenters. The molecule has 0 aromatic heterocycles. The van der Waals surface area contributed by atoms with Crippen molar-refractivity contribution in [3.05, 3.63) is 29.8 Å². The van der Waals surface area contributed by atoms with E-state index in [-0.39, 0.29) is 10.7 Å². The maximum Gasteiger partial charge on any atom is 0.240 e. The average molecular weight is 297 g/mol. The number of Topliss-reactive ketones (excluding diaryl/α,β-unsaturated/α-hetero) is 1. The van der Waals surface area contributed by atoms with Crippen molar-refractivity contribution in [1.82, 2.24) is 4.72 Å². The summed E-state index contributed by atoms with van der Waals surface area (Å²) in [6.07, 6.45) is 1.67. The van der Waals surface area contributed by atoms with Gasteiger partial charge < -0.3 is 0 Å². The topological polar surface area (TPSA) is 63.2 Å². The van der Waals surface area contributed by atoms with Gasteiger partial charge in [-0.3, -0.25) is 4.79 Å². The molecule has 1 aromatic carbocycles. The molecule has 112 valence electrons. The highest BCUT2D eigenvalue weighted by atomic mass is 32.2. The van der Waals surface area contributed by atoms with Gasteiger partial charge in [-0.15, -0.1) is 0 Å². The Morgan fingerprint density at radius 1 is 1.20 bits per heavy atom. The summed E-state index contributed by atoms with van der Waals surface area (Å²) in [4.78, 5) is 12.0. The number of nitrogens with one attached hydrogen (secondary N) is 1. The zero-order chi connectivity index (χ0) is 15.2.